The molecule has 2 aromatic carbocycles. The lowest BCUT2D eigenvalue weighted by atomic mass is 9.58. The first kappa shape index (κ1) is 36.4. The highest BCUT2D eigenvalue weighted by Crippen LogP contribution is 2.53. The standard InChI is InChI=1S/C34H42F3N3O6/c1-7-25(28(41)45-8-2)32(26(22-38)24-16-12-13-17-27(24)39-30(43)46-31(3,4)5)18-20-40(21-19-32)29(42)33(44-6,34(35,36)37)23-14-10-9-11-15-23/h9-17,25-26H,7-8,18-21H2,1-6H3,(H,39,43)/t25?,26?,33-/m1/s1. The van der Waals surface area contributed by atoms with Crippen molar-refractivity contribution in [1.82, 2.24) is 4.90 Å². The maximum absolute atomic E-state index is 14.7. The maximum Gasteiger partial charge on any atom is 0.430 e. The number of alkyl halides is 3. The van der Waals surface area contributed by atoms with Crippen LogP contribution in [-0.4, -0.2) is 61.5 Å². The lowest BCUT2D eigenvalue weighted by Gasteiger charge is -2.49. The number of nitriles is 1. The van der Waals surface area contributed by atoms with E-state index in [2.05, 4.69) is 11.4 Å². The van der Waals surface area contributed by atoms with Gasteiger partial charge in [0.15, 0.2) is 0 Å². The number of benzene rings is 2. The van der Waals surface area contributed by atoms with Gasteiger partial charge in [0.25, 0.3) is 11.5 Å². The molecule has 1 aliphatic heterocycles. The third-order valence-corrected chi connectivity index (χ3v) is 8.45. The second kappa shape index (κ2) is 14.5. The molecule has 1 saturated heterocycles. The van der Waals surface area contributed by atoms with Crippen molar-refractivity contribution in [3.8, 4) is 6.07 Å². The first-order chi connectivity index (χ1) is 21.6. The van der Waals surface area contributed by atoms with E-state index in [1.807, 2.05) is 0 Å². The fourth-order valence-electron chi connectivity index (χ4n) is 6.42. The predicted molar refractivity (Wildman–Crippen MR) is 164 cm³/mol. The lowest BCUT2D eigenvalue weighted by Crippen LogP contribution is -2.60. The summed E-state index contributed by atoms with van der Waals surface area (Å²) >= 11 is 0. The van der Waals surface area contributed by atoms with E-state index >= 15 is 0 Å². The number of likely N-dealkylation sites (tertiary alicyclic amines) is 1. The summed E-state index contributed by atoms with van der Waals surface area (Å²) < 4.78 is 60.0. The van der Waals surface area contributed by atoms with Crippen LogP contribution in [0.1, 0.15) is 70.9 Å². The second-order valence-corrected chi connectivity index (χ2v) is 12.3. The van der Waals surface area contributed by atoms with Crippen molar-refractivity contribution in [2.75, 3.05) is 32.1 Å². The first-order valence-electron chi connectivity index (χ1n) is 15.2. The number of rotatable bonds is 10. The highest BCUT2D eigenvalue weighted by Gasteiger charge is 2.64. The molecule has 1 fully saturated rings. The highest BCUT2D eigenvalue weighted by molar-refractivity contribution is 5.88. The summed E-state index contributed by atoms with van der Waals surface area (Å²) in [6, 6.07) is 15.7. The number of hydrogen-bond donors (Lipinski definition) is 1. The van der Waals surface area contributed by atoms with Crippen LogP contribution >= 0.6 is 0 Å². The molecule has 3 rings (SSSR count). The monoisotopic (exact) mass is 645 g/mol. The number of piperidine rings is 1. The van der Waals surface area contributed by atoms with Gasteiger partial charge in [-0.25, -0.2) is 4.79 Å². The van der Waals surface area contributed by atoms with Crippen LogP contribution in [0.5, 0.6) is 0 Å². The van der Waals surface area contributed by atoms with Crippen molar-refractivity contribution in [2.45, 2.75) is 77.2 Å². The fraction of sp³-hybridized carbons (Fsp3) is 0.529. The molecule has 0 saturated carbocycles. The molecule has 250 valence electrons. The molecule has 0 bridgehead atoms. The molecule has 0 spiro atoms. The second-order valence-electron chi connectivity index (χ2n) is 12.3. The van der Waals surface area contributed by atoms with Crippen molar-refractivity contribution in [1.29, 1.82) is 5.26 Å². The molecule has 2 unspecified atom stereocenters. The smallest absolute Gasteiger partial charge is 0.430 e. The van der Waals surface area contributed by atoms with Crippen LogP contribution in [0.25, 0.3) is 0 Å². The number of methoxy groups -OCH3 is 1. The fourth-order valence-corrected chi connectivity index (χ4v) is 6.42. The Morgan fingerprint density at radius 1 is 1.00 bits per heavy atom. The molecule has 2 aromatic rings. The summed E-state index contributed by atoms with van der Waals surface area (Å²) in [5.74, 6) is -3.69. The van der Waals surface area contributed by atoms with Crippen LogP contribution in [0.4, 0.5) is 23.7 Å². The van der Waals surface area contributed by atoms with E-state index in [0.717, 1.165) is 12.0 Å². The van der Waals surface area contributed by atoms with Crippen molar-refractivity contribution >= 4 is 23.7 Å². The van der Waals surface area contributed by atoms with E-state index in [-0.39, 0.29) is 44.5 Å². The van der Waals surface area contributed by atoms with Gasteiger partial charge in [0, 0.05) is 36.9 Å². The van der Waals surface area contributed by atoms with Gasteiger partial charge in [-0.2, -0.15) is 18.4 Å². The summed E-state index contributed by atoms with van der Waals surface area (Å²) in [5.41, 5.74) is -4.87. The largest absolute Gasteiger partial charge is 0.466 e. The number of para-hydroxylation sites is 1. The zero-order valence-electron chi connectivity index (χ0n) is 27.1. The molecule has 12 heteroatoms. The molecule has 0 aromatic heterocycles. The third-order valence-electron chi connectivity index (χ3n) is 8.45. The Morgan fingerprint density at radius 3 is 2.09 bits per heavy atom. The molecule has 9 nitrogen and oxygen atoms in total. The average Bonchev–Trinajstić information content (AvgIpc) is 2.98. The van der Waals surface area contributed by atoms with E-state index in [4.69, 9.17) is 14.2 Å². The van der Waals surface area contributed by atoms with Crippen LogP contribution in [-0.2, 0) is 29.4 Å². The van der Waals surface area contributed by atoms with Crippen molar-refractivity contribution in [3.05, 3.63) is 65.7 Å². The molecule has 1 aliphatic rings. The third kappa shape index (κ3) is 7.30. The zero-order valence-corrected chi connectivity index (χ0v) is 27.1. The van der Waals surface area contributed by atoms with Gasteiger partial charge in [0.05, 0.1) is 24.5 Å². The molecule has 3 atom stereocenters. The Bertz CT molecular complexity index is 1410. The summed E-state index contributed by atoms with van der Waals surface area (Å²) in [6.07, 6.45) is -5.57. The molecular formula is C34H42F3N3O6. The van der Waals surface area contributed by atoms with Gasteiger partial charge >= 0.3 is 18.2 Å². The Kier molecular flexibility index (Phi) is 11.5. The molecule has 46 heavy (non-hydrogen) atoms. The number of esters is 1. The van der Waals surface area contributed by atoms with E-state index in [1.165, 1.54) is 30.3 Å². The van der Waals surface area contributed by atoms with E-state index < -0.39 is 52.6 Å². The first-order valence-corrected chi connectivity index (χ1v) is 15.2. The Morgan fingerprint density at radius 2 is 1.59 bits per heavy atom. The van der Waals surface area contributed by atoms with Gasteiger partial charge in [-0.3, -0.25) is 14.9 Å². The minimum absolute atomic E-state index is 0.00149. The van der Waals surface area contributed by atoms with E-state index in [0.29, 0.717) is 11.3 Å². The van der Waals surface area contributed by atoms with Crippen molar-refractivity contribution in [2.24, 2.45) is 11.3 Å². The number of carbonyl (C=O) groups excluding carboxylic acids is 3. The summed E-state index contributed by atoms with van der Waals surface area (Å²) in [7, 11) is 0.848. The van der Waals surface area contributed by atoms with Crippen LogP contribution in [0, 0.1) is 22.7 Å². The summed E-state index contributed by atoms with van der Waals surface area (Å²) in [6.45, 7) is 8.26. The van der Waals surface area contributed by atoms with Crippen LogP contribution < -0.4 is 5.32 Å². The Labute approximate surface area is 268 Å². The van der Waals surface area contributed by atoms with Crippen LogP contribution in [0.2, 0.25) is 0 Å². The van der Waals surface area contributed by atoms with Gasteiger partial charge < -0.3 is 19.1 Å². The zero-order chi connectivity index (χ0) is 34.3. The van der Waals surface area contributed by atoms with Crippen LogP contribution in [0.15, 0.2) is 54.6 Å². The highest BCUT2D eigenvalue weighted by atomic mass is 19.4. The number of nitrogens with one attached hydrogen (secondary N) is 1. The summed E-state index contributed by atoms with van der Waals surface area (Å²) in [4.78, 5) is 41.1. The summed E-state index contributed by atoms with van der Waals surface area (Å²) in [5, 5.41) is 13.4. The SMILES string of the molecule is CCOC(=O)C(CC)C1(C(C#N)c2ccccc2NC(=O)OC(C)(C)C)CCN(C(=O)[C@](OC)(c2ccccc2)C(F)(F)F)CC1. The van der Waals surface area contributed by atoms with Gasteiger partial charge in [-0.1, -0.05) is 55.5 Å². The number of nitrogens with zero attached hydrogens (tertiary/aromatic N) is 2. The van der Waals surface area contributed by atoms with Crippen molar-refractivity contribution in [3.63, 3.8) is 0 Å². The molecular weight excluding hydrogens is 603 g/mol. The number of ether oxygens (including phenoxy) is 3. The normalized spacial score (nSPS) is 17.5. The number of amides is 2. The minimum atomic E-state index is -5.09. The average molecular weight is 646 g/mol. The molecule has 1 heterocycles. The number of carbonyl (C=O) groups is 3. The van der Waals surface area contributed by atoms with Crippen LogP contribution in [0.3, 0.4) is 0 Å². The van der Waals surface area contributed by atoms with Gasteiger partial charge in [0.1, 0.15) is 5.60 Å². The number of anilines is 1. The molecule has 0 aliphatic carbocycles. The van der Waals surface area contributed by atoms with Crippen molar-refractivity contribution < 1.29 is 41.8 Å². The topological polar surface area (TPSA) is 118 Å². The van der Waals surface area contributed by atoms with Gasteiger partial charge in [-0.15, -0.1) is 0 Å². The number of halogens is 3. The predicted octanol–water partition coefficient (Wildman–Crippen LogP) is 6.94. The van der Waals surface area contributed by atoms with Gasteiger partial charge in [-0.05, 0) is 58.6 Å². The molecule has 2 amide bonds. The van der Waals surface area contributed by atoms with E-state index in [1.54, 1.807) is 58.9 Å². The maximum atomic E-state index is 14.7. The minimum Gasteiger partial charge on any atom is -0.466 e. The van der Waals surface area contributed by atoms with E-state index in [9.17, 15) is 32.8 Å². The lowest BCUT2D eigenvalue weighted by molar-refractivity contribution is -0.271. The number of hydrogen-bond acceptors (Lipinski definition) is 7. The Hall–Kier alpha value is -4.11. The molecule has 1 N–H and O–H groups in total. The van der Waals surface area contributed by atoms with Gasteiger partial charge in [0.2, 0.25) is 0 Å². The quantitative estimate of drug-likeness (QED) is 0.278. The molecule has 0 radical (unpaired) electrons. The Balaban J connectivity index is 2.09.